The molecule has 1 N–H and O–H groups in total. The molecule has 7 heteroatoms. The van der Waals surface area contributed by atoms with Gasteiger partial charge in [-0.3, -0.25) is 4.90 Å². The maximum absolute atomic E-state index is 5.95. The molecule has 3 rings (SSSR count). The topological polar surface area (TPSA) is 46.2 Å². The Balaban J connectivity index is 1.81. The molecule has 0 spiro atoms. The highest BCUT2D eigenvalue weighted by atomic mass is 32.1. The fourth-order valence-corrected chi connectivity index (χ4v) is 4.32. The second-order valence-electron chi connectivity index (χ2n) is 8.69. The summed E-state index contributed by atoms with van der Waals surface area (Å²) in [4.78, 5) is 4.67. The van der Waals surface area contributed by atoms with E-state index in [-0.39, 0.29) is 0 Å². The SMILES string of the molecule is COc1ccc(CN(CCN2CCOCC2)C(=S)Nc2c(C)cccc2C(C)C)cc1OC. The Morgan fingerprint density at radius 3 is 2.52 bits per heavy atom. The van der Waals surface area contributed by atoms with E-state index in [1.807, 2.05) is 12.1 Å². The van der Waals surface area contributed by atoms with Gasteiger partial charge in [-0.1, -0.05) is 38.1 Å². The Bertz CT molecular complexity index is 929. The number of rotatable bonds is 9. The summed E-state index contributed by atoms with van der Waals surface area (Å²) in [5, 5.41) is 4.31. The molecule has 33 heavy (non-hydrogen) atoms. The number of hydrogen-bond acceptors (Lipinski definition) is 5. The van der Waals surface area contributed by atoms with Gasteiger partial charge in [-0.2, -0.15) is 0 Å². The molecule has 0 bridgehead atoms. The number of thiocarbonyl (C=S) groups is 1. The molecule has 0 unspecified atom stereocenters. The lowest BCUT2D eigenvalue weighted by Crippen LogP contribution is -2.44. The van der Waals surface area contributed by atoms with Crippen molar-refractivity contribution in [3.05, 3.63) is 53.1 Å². The minimum Gasteiger partial charge on any atom is -0.493 e. The number of anilines is 1. The van der Waals surface area contributed by atoms with E-state index in [4.69, 9.17) is 26.4 Å². The second-order valence-corrected chi connectivity index (χ2v) is 9.08. The summed E-state index contributed by atoms with van der Waals surface area (Å²) in [7, 11) is 3.31. The largest absolute Gasteiger partial charge is 0.493 e. The van der Waals surface area contributed by atoms with Gasteiger partial charge in [0.15, 0.2) is 16.6 Å². The highest BCUT2D eigenvalue weighted by Gasteiger charge is 2.18. The minimum atomic E-state index is 0.405. The molecule has 1 fully saturated rings. The number of nitrogens with zero attached hydrogens (tertiary/aromatic N) is 2. The lowest BCUT2D eigenvalue weighted by Gasteiger charge is -2.32. The Kier molecular flexibility index (Phi) is 9.35. The van der Waals surface area contributed by atoms with Crippen LogP contribution in [0.25, 0.3) is 0 Å². The summed E-state index contributed by atoms with van der Waals surface area (Å²) in [6.45, 7) is 12.5. The maximum Gasteiger partial charge on any atom is 0.173 e. The van der Waals surface area contributed by atoms with Gasteiger partial charge in [0.1, 0.15) is 0 Å². The summed E-state index contributed by atoms with van der Waals surface area (Å²) >= 11 is 5.95. The predicted octanol–water partition coefficient (Wildman–Crippen LogP) is 4.67. The zero-order valence-electron chi connectivity index (χ0n) is 20.5. The number of aryl methyl sites for hydroxylation is 1. The first-order valence-corrected chi connectivity index (χ1v) is 12.0. The van der Waals surface area contributed by atoms with Crippen molar-refractivity contribution in [3.8, 4) is 11.5 Å². The van der Waals surface area contributed by atoms with Crippen LogP contribution in [0.1, 0.15) is 36.5 Å². The molecule has 0 radical (unpaired) electrons. The molecule has 0 amide bonds. The third-order valence-electron chi connectivity index (χ3n) is 6.06. The predicted molar refractivity (Wildman–Crippen MR) is 139 cm³/mol. The van der Waals surface area contributed by atoms with Crippen LogP contribution in [0.15, 0.2) is 36.4 Å². The van der Waals surface area contributed by atoms with Gasteiger partial charge >= 0.3 is 0 Å². The molecular weight excluding hydrogens is 434 g/mol. The van der Waals surface area contributed by atoms with Gasteiger partial charge in [0.05, 0.1) is 27.4 Å². The van der Waals surface area contributed by atoms with E-state index in [1.54, 1.807) is 14.2 Å². The van der Waals surface area contributed by atoms with Crippen molar-refractivity contribution in [2.75, 3.05) is 58.9 Å². The smallest absolute Gasteiger partial charge is 0.173 e. The van der Waals surface area contributed by atoms with Gasteiger partial charge in [0, 0.05) is 38.4 Å². The van der Waals surface area contributed by atoms with Crippen molar-refractivity contribution in [1.29, 1.82) is 0 Å². The van der Waals surface area contributed by atoms with E-state index < -0.39 is 0 Å². The lowest BCUT2D eigenvalue weighted by molar-refractivity contribution is 0.0358. The van der Waals surface area contributed by atoms with E-state index >= 15 is 0 Å². The van der Waals surface area contributed by atoms with Crippen molar-refractivity contribution >= 4 is 23.0 Å². The number of methoxy groups -OCH3 is 2. The minimum absolute atomic E-state index is 0.405. The highest BCUT2D eigenvalue weighted by Crippen LogP contribution is 2.29. The number of morpholine rings is 1. The van der Waals surface area contributed by atoms with E-state index in [0.29, 0.717) is 12.5 Å². The summed E-state index contributed by atoms with van der Waals surface area (Å²) in [5.74, 6) is 1.86. The van der Waals surface area contributed by atoms with E-state index in [1.165, 1.54) is 11.1 Å². The highest BCUT2D eigenvalue weighted by molar-refractivity contribution is 7.80. The lowest BCUT2D eigenvalue weighted by atomic mass is 9.98. The fourth-order valence-electron chi connectivity index (χ4n) is 4.07. The van der Waals surface area contributed by atoms with Crippen LogP contribution in [0.2, 0.25) is 0 Å². The Hall–Kier alpha value is -2.35. The number of ether oxygens (including phenoxy) is 3. The molecule has 0 aromatic heterocycles. The van der Waals surface area contributed by atoms with Crippen molar-refractivity contribution < 1.29 is 14.2 Å². The number of benzene rings is 2. The number of nitrogens with one attached hydrogen (secondary N) is 1. The zero-order valence-corrected chi connectivity index (χ0v) is 21.3. The van der Waals surface area contributed by atoms with E-state index in [9.17, 15) is 0 Å². The molecule has 180 valence electrons. The molecule has 1 aliphatic heterocycles. The van der Waals surface area contributed by atoms with Gasteiger partial charge in [-0.15, -0.1) is 0 Å². The normalized spacial score (nSPS) is 14.2. The molecule has 0 atom stereocenters. The summed E-state index contributed by atoms with van der Waals surface area (Å²) in [6, 6.07) is 12.5. The van der Waals surface area contributed by atoms with Crippen LogP contribution in [0.3, 0.4) is 0 Å². The number of para-hydroxylation sites is 1. The van der Waals surface area contributed by atoms with Crippen molar-refractivity contribution in [2.45, 2.75) is 33.2 Å². The van der Waals surface area contributed by atoms with E-state index in [2.05, 4.69) is 60.2 Å². The quantitative estimate of drug-likeness (QED) is 0.534. The number of hydrogen-bond donors (Lipinski definition) is 1. The summed E-state index contributed by atoms with van der Waals surface area (Å²) in [5.41, 5.74) is 4.70. The molecule has 2 aromatic rings. The summed E-state index contributed by atoms with van der Waals surface area (Å²) < 4.78 is 16.4. The standard InChI is InChI=1S/C26H37N3O3S/c1-19(2)22-8-6-7-20(3)25(22)27-26(33)29(12-11-28-13-15-32-16-14-28)18-21-9-10-23(30-4)24(17-21)31-5/h6-10,17,19H,11-16,18H2,1-5H3,(H,27,33). The molecule has 0 aliphatic carbocycles. The zero-order chi connectivity index (χ0) is 23.8. The van der Waals surface area contributed by atoms with Crippen LogP contribution in [0.5, 0.6) is 11.5 Å². The van der Waals surface area contributed by atoms with Crippen LogP contribution in [0.4, 0.5) is 5.69 Å². The van der Waals surface area contributed by atoms with Crippen molar-refractivity contribution in [3.63, 3.8) is 0 Å². The molecule has 0 saturated carbocycles. The molecule has 1 aliphatic rings. The Morgan fingerprint density at radius 1 is 1.12 bits per heavy atom. The molecule has 2 aromatic carbocycles. The van der Waals surface area contributed by atoms with Gasteiger partial charge < -0.3 is 24.4 Å². The monoisotopic (exact) mass is 471 g/mol. The van der Waals surface area contributed by atoms with Crippen molar-refractivity contribution in [2.24, 2.45) is 0 Å². The van der Waals surface area contributed by atoms with Gasteiger partial charge in [0.25, 0.3) is 0 Å². The average molecular weight is 472 g/mol. The Labute approximate surface area is 203 Å². The molecule has 1 heterocycles. The van der Waals surface area contributed by atoms with Crippen molar-refractivity contribution in [1.82, 2.24) is 9.80 Å². The second kappa shape index (κ2) is 12.2. The van der Waals surface area contributed by atoms with Crippen LogP contribution < -0.4 is 14.8 Å². The van der Waals surface area contributed by atoms with Crippen LogP contribution in [-0.2, 0) is 11.3 Å². The van der Waals surface area contributed by atoms with Gasteiger partial charge in [0.2, 0.25) is 0 Å². The van der Waals surface area contributed by atoms with E-state index in [0.717, 1.165) is 67.3 Å². The molecule has 1 saturated heterocycles. The first-order chi connectivity index (χ1) is 15.9. The molecule has 6 nitrogen and oxygen atoms in total. The maximum atomic E-state index is 5.95. The van der Waals surface area contributed by atoms with Crippen LogP contribution in [-0.4, -0.2) is 68.5 Å². The first kappa shape index (κ1) is 25.3. The van der Waals surface area contributed by atoms with Crippen LogP contribution in [0, 0.1) is 6.92 Å². The average Bonchev–Trinajstić information content (AvgIpc) is 2.83. The van der Waals surface area contributed by atoms with Gasteiger partial charge in [-0.25, -0.2) is 0 Å². The first-order valence-electron chi connectivity index (χ1n) is 11.6. The summed E-state index contributed by atoms with van der Waals surface area (Å²) in [6.07, 6.45) is 0. The van der Waals surface area contributed by atoms with Crippen LogP contribution >= 0.6 is 12.2 Å². The Morgan fingerprint density at radius 2 is 1.85 bits per heavy atom. The third kappa shape index (κ3) is 6.82. The third-order valence-corrected chi connectivity index (χ3v) is 6.42. The molecular formula is C26H37N3O3S. The fraction of sp³-hybridized carbons (Fsp3) is 0.500. The van der Waals surface area contributed by atoms with Gasteiger partial charge in [-0.05, 0) is 53.9 Å².